The summed E-state index contributed by atoms with van der Waals surface area (Å²) >= 11 is 0. The highest BCUT2D eigenvalue weighted by atomic mass is 32.2. The van der Waals surface area contributed by atoms with Crippen LogP contribution in [0.4, 0.5) is 14.5 Å². The van der Waals surface area contributed by atoms with Gasteiger partial charge in [0.2, 0.25) is 15.9 Å². The zero-order valence-electron chi connectivity index (χ0n) is 17.0. The molecular formula is C21H25F2N3O3S. The molecule has 0 N–H and O–H groups in total. The number of carbonyl (C=O) groups excluding carboxylic acids is 1. The number of nitrogens with zero attached hydrogens (tertiary/aromatic N) is 3. The molecule has 6 nitrogen and oxygen atoms in total. The number of para-hydroxylation sites is 1. The van der Waals surface area contributed by atoms with Crippen molar-refractivity contribution in [2.45, 2.75) is 18.7 Å². The molecule has 1 amide bonds. The number of carbonyl (C=O) groups is 1. The van der Waals surface area contributed by atoms with Gasteiger partial charge in [-0.3, -0.25) is 9.69 Å². The van der Waals surface area contributed by atoms with Crippen LogP contribution in [0.15, 0.2) is 47.4 Å². The minimum absolute atomic E-state index is 0.0521. The van der Waals surface area contributed by atoms with Gasteiger partial charge in [0.25, 0.3) is 0 Å². The van der Waals surface area contributed by atoms with E-state index >= 15 is 0 Å². The van der Waals surface area contributed by atoms with Crippen LogP contribution in [0.5, 0.6) is 0 Å². The van der Waals surface area contributed by atoms with Crippen LogP contribution in [0.3, 0.4) is 0 Å². The Morgan fingerprint density at radius 2 is 1.70 bits per heavy atom. The van der Waals surface area contributed by atoms with E-state index < -0.39 is 21.7 Å². The molecule has 0 atom stereocenters. The van der Waals surface area contributed by atoms with E-state index in [0.29, 0.717) is 25.7 Å². The molecule has 0 radical (unpaired) electrons. The van der Waals surface area contributed by atoms with Gasteiger partial charge in [0, 0.05) is 38.4 Å². The SMILES string of the molecule is CCN(C(=O)CN1CCN(S(=O)(=O)c2ccc(F)c(F)c2)CC1)c1ccccc1C. The van der Waals surface area contributed by atoms with Gasteiger partial charge in [0.1, 0.15) is 0 Å². The van der Waals surface area contributed by atoms with Crippen molar-refractivity contribution >= 4 is 21.6 Å². The van der Waals surface area contributed by atoms with Crippen molar-refractivity contribution in [3.8, 4) is 0 Å². The summed E-state index contributed by atoms with van der Waals surface area (Å²) in [5.41, 5.74) is 1.87. The van der Waals surface area contributed by atoms with Gasteiger partial charge in [-0.15, -0.1) is 0 Å². The minimum atomic E-state index is -3.92. The Balaban J connectivity index is 1.63. The van der Waals surface area contributed by atoms with Crippen LogP contribution in [-0.2, 0) is 14.8 Å². The van der Waals surface area contributed by atoms with E-state index in [4.69, 9.17) is 0 Å². The number of hydrogen-bond acceptors (Lipinski definition) is 4. The van der Waals surface area contributed by atoms with Crippen LogP contribution in [0, 0.1) is 18.6 Å². The van der Waals surface area contributed by atoms with Crippen LogP contribution >= 0.6 is 0 Å². The average molecular weight is 438 g/mol. The summed E-state index contributed by atoms with van der Waals surface area (Å²) in [6.45, 7) is 5.68. The highest BCUT2D eigenvalue weighted by Gasteiger charge is 2.30. The van der Waals surface area contributed by atoms with Crippen molar-refractivity contribution in [3.05, 3.63) is 59.7 Å². The van der Waals surface area contributed by atoms with E-state index in [2.05, 4.69) is 0 Å². The molecule has 0 aliphatic carbocycles. The van der Waals surface area contributed by atoms with E-state index in [1.54, 1.807) is 4.90 Å². The normalized spacial score (nSPS) is 15.9. The van der Waals surface area contributed by atoms with Gasteiger partial charge in [0.05, 0.1) is 11.4 Å². The molecular weight excluding hydrogens is 412 g/mol. The number of amides is 1. The van der Waals surface area contributed by atoms with E-state index in [-0.39, 0.29) is 30.4 Å². The molecule has 0 bridgehead atoms. The number of rotatable bonds is 6. The zero-order valence-corrected chi connectivity index (χ0v) is 17.8. The van der Waals surface area contributed by atoms with Gasteiger partial charge in [-0.1, -0.05) is 18.2 Å². The van der Waals surface area contributed by atoms with Gasteiger partial charge in [-0.05, 0) is 43.7 Å². The molecule has 0 spiro atoms. The van der Waals surface area contributed by atoms with Crippen LogP contribution < -0.4 is 4.90 Å². The molecule has 2 aromatic carbocycles. The molecule has 0 saturated carbocycles. The van der Waals surface area contributed by atoms with Crippen molar-refractivity contribution in [2.24, 2.45) is 0 Å². The number of likely N-dealkylation sites (N-methyl/N-ethyl adjacent to an activating group) is 1. The third kappa shape index (κ3) is 4.69. The van der Waals surface area contributed by atoms with Crippen LogP contribution in [-0.4, -0.2) is 62.8 Å². The van der Waals surface area contributed by atoms with Gasteiger partial charge in [0.15, 0.2) is 11.6 Å². The summed E-state index contributed by atoms with van der Waals surface area (Å²) in [7, 11) is -3.92. The standard InChI is InChI=1S/C21H25F2N3O3S/c1-3-26(20-7-5-4-6-16(20)2)21(27)15-24-10-12-25(13-11-24)30(28,29)17-8-9-18(22)19(23)14-17/h4-9,14H,3,10-13,15H2,1-2H3. The molecule has 1 aliphatic rings. The predicted molar refractivity (Wildman–Crippen MR) is 111 cm³/mol. The summed E-state index contributed by atoms with van der Waals surface area (Å²) in [5, 5.41) is 0. The minimum Gasteiger partial charge on any atom is -0.311 e. The molecule has 162 valence electrons. The quantitative estimate of drug-likeness (QED) is 0.697. The third-order valence-corrected chi connectivity index (χ3v) is 7.14. The molecule has 3 rings (SSSR count). The first-order chi connectivity index (χ1) is 14.2. The maximum atomic E-state index is 13.5. The van der Waals surface area contributed by atoms with Gasteiger partial charge < -0.3 is 4.90 Å². The molecule has 9 heteroatoms. The Kier molecular flexibility index (Phi) is 6.84. The van der Waals surface area contributed by atoms with Crippen molar-refractivity contribution in [1.29, 1.82) is 0 Å². The summed E-state index contributed by atoms with van der Waals surface area (Å²) in [6.07, 6.45) is 0. The predicted octanol–water partition coefficient (Wildman–Crippen LogP) is 2.63. The van der Waals surface area contributed by atoms with Crippen molar-refractivity contribution in [2.75, 3.05) is 44.2 Å². The second kappa shape index (κ2) is 9.20. The summed E-state index contributed by atoms with van der Waals surface area (Å²) in [4.78, 5) is 16.2. The Bertz CT molecular complexity index is 1020. The highest BCUT2D eigenvalue weighted by Crippen LogP contribution is 2.21. The van der Waals surface area contributed by atoms with Crippen LogP contribution in [0.2, 0.25) is 0 Å². The van der Waals surface area contributed by atoms with Crippen molar-refractivity contribution in [1.82, 2.24) is 9.21 Å². The fourth-order valence-corrected chi connectivity index (χ4v) is 4.97. The fourth-order valence-electron chi connectivity index (χ4n) is 3.54. The van der Waals surface area contributed by atoms with E-state index in [1.807, 2.05) is 43.0 Å². The lowest BCUT2D eigenvalue weighted by atomic mass is 10.1. The van der Waals surface area contributed by atoms with Crippen molar-refractivity contribution in [3.63, 3.8) is 0 Å². The second-order valence-corrected chi connectivity index (χ2v) is 9.12. The fraction of sp³-hybridized carbons (Fsp3) is 0.381. The van der Waals surface area contributed by atoms with Crippen LogP contribution in [0.1, 0.15) is 12.5 Å². The molecule has 1 fully saturated rings. The first-order valence-electron chi connectivity index (χ1n) is 9.77. The number of sulfonamides is 1. The maximum Gasteiger partial charge on any atom is 0.243 e. The van der Waals surface area contributed by atoms with Gasteiger partial charge in [-0.2, -0.15) is 4.31 Å². The highest BCUT2D eigenvalue weighted by molar-refractivity contribution is 7.89. The average Bonchev–Trinajstić information content (AvgIpc) is 2.72. The lowest BCUT2D eigenvalue weighted by Gasteiger charge is -2.34. The first-order valence-corrected chi connectivity index (χ1v) is 11.2. The van der Waals surface area contributed by atoms with Crippen molar-refractivity contribution < 1.29 is 22.0 Å². The van der Waals surface area contributed by atoms with Crippen LogP contribution in [0.25, 0.3) is 0 Å². The van der Waals surface area contributed by atoms with E-state index in [0.717, 1.165) is 23.4 Å². The maximum absolute atomic E-state index is 13.5. The third-order valence-electron chi connectivity index (χ3n) is 5.24. The van der Waals surface area contributed by atoms with Gasteiger partial charge >= 0.3 is 0 Å². The molecule has 30 heavy (non-hydrogen) atoms. The number of anilines is 1. The lowest BCUT2D eigenvalue weighted by Crippen LogP contribution is -2.51. The second-order valence-electron chi connectivity index (χ2n) is 7.18. The molecule has 1 saturated heterocycles. The van der Waals surface area contributed by atoms with E-state index in [1.165, 1.54) is 4.31 Å². The largest absolute Gasteiger partial charge is 0.311 e. The Labute approximate surface area is 175 Å². The number of aryl methyl sites for hydroxylation is 1. The Hall–Kier alpha value is -2.36. The number of piperazine rings is 1. The molecule has 0 unspecified atom stereocenters. The molecule has 2 aromatic rings. The van der Waals surface area contributed by atoms with Gasteiger partial charge in [-0.25, -0.2) is 17.2 Å². The summed E-state index contributed by atoms with van der Waals surface area (Å²) < 4.78 is 53.2. The summed E-state index contributed by atoms with van der Waals surface area (Å²) in [6, 6.07) is 10.2. The Morgan fingerprint density at radius 3 is 2.30 bits per heavy atom. The van der Waals surface area contributed by atoms with E-state index in [9.17, 15) is 22.0 Å². The topological polar surface area (TPSA) is 60.9 Å². The monoisotopic (exact) mass is 437 g/mol. The Morgan fingerprint density at radius 1 is 1.03 bits per heavy atom. The zero-order chi connectivity index (χ0) is 21.9. The molecule has 1 heterocycles. The number of benzene rings is 2. The lowest BCUT2D eigenvalue weighted by molar-refractivity contribution is -0.120. The first kappa shape index (κ1) is 22.3. The molecule has 0 aromatic heterocycles. The number of hydrogen-bond donors (Lipinski definition) is 0. The number of halogens is 2. The summed E-state index contributed by atoms with van der Waals surface area (Å²) in [5.74, 6) is -2.34. The smallest absolute Gasteiger partial charge is 0.243 e. The molecule has 1 aliphatic heterocycles.